The van der Waals surface area contributed by atoms with Crippen molar-refractivity contribution in [2.24, 2.45) is 10.9 Å². The number of thioether (sulfide) groups is 1. The molecule has 0 saturated carbocycles. The fraction of sp³-hybridized carbons (Fsp3) is 0.273. The molecule has 3 amide bonds. The number of amides is 3. The summed E-state index contributed by atoms with van der Waals surface area (Å²) in [5, 5.41) is 5.55. The molecule has 1 fully saturated rings. The molecule has 1 aliphatic carbocycles. The topological polar surface area (TPSA) is 198 Å². The fourth-order valence-corrected chi connectivity index (χ4v) is 7.17. The summed E-state index contributed by atoms with van der Waals surface area (Å²) in [5.41, 5.74) is 9.04. The minimum Gasteiger partial charge on any atom is -0.462 e. The molecule has 6 rings (SSSR count). The van der Waals surface area contributed by atoms with Gasteiger partial charge in [0, 0.05) is 24.2 Å². The SMILES string of the molecule is CO/N=C(\C(=O)NC1C(=O)N2C(C(=O)OC(C)OC(=O)OCC3c4ccccc4-c4ccccc43)=C(COC(N)=O)CSC12)c1ccco1. The number of nitrogens with zero attached hydrogens (tertiary/aromatic N) is 2. The van der Waals surface area contributed by atoms with Crippen LogP contribution in [0.5, 0.6) is 0 Å². The van der Waals surface area contributed by atoms with Crippen molar-refractivity contribution in [1.29, 1.82) is 0 Å². The van der Waals surface area contributed by atoms with Crippen molar-refractivity contribution >= 4 is 47.5 Å². The zero-order valence-corrected chi connectivity index (χ0v) is 27.0. The van der Waals surface area contributed by atoms with E-state index in [2.05, 4.69) is 10.5 Å². The van der Waals surface area contributed by atoms with E-state index in [1.807, 2.05) is 48.5 Å². The Hall–Kier alpha value is -5.77. The Morgan fingerprint density at radius 3 is 2.35 bits per heavy atom. The number of benzene rings is 2. The molecule has 1 aromatic heterocycles. The largest absolute Gasteiger partial charge is 0.511 e. The van der Waals surface area contributed by atoms with Crippen LogP contribution in [0.3, 0.4) is 0 Å². The summed E-state index contributed by atoms with van der Waals surface area (Å²) < 4.78 is 26.2. The average molecular weight is 691 g/mol. The van der Waals surface area contributed by atoms with Crippen LogP contribution in [0.2, 0.25) is 0 Å². The van der Waals surface area contributed by atoms with Crippen molar-refractivity contribution in [3.63, 3.8) is 0 Å². The summed E-state index contributed by atoms with van der Waals surface area (Å²) in [6, 6.07) is 17.7. The number of nitrogens with two attached hydrogens (primary N) is 1. The summed E-state index contributed by atoms with van der Waals surface area (Å²) in [4.78, 5) is 69.8. The van der Waals surface area contributed by atoms with Gasteiger partial charge >= 0.3 is 18.2 Å². The number of primary amides is 1. The molecule has 3 aliphatic rings. The summed E-state index contributed by atoms with van der Waals surface area (Å²) in [7, 11) is 1.25. The number of hydrogen-bond acceptors (Lipinski definition) is 13. The molecule has 15 nitrogen and oxygen atoms in total. The number of fused-ring (bicyclic) bond motifs is 4. The van der Waals surface area contributed by atoms with Crippen LogP contribution >= 0.6 is 11.8 Å². The second-order valence-electron chi connectivity index (χ2n) is 10.9. The van der Waals surface area contributed by atoms with E-state index in [1.54, 1.807) is 6.07 Å². The maximum Gasteiger partial charge on any atom is 0.511 e. The quantitative estimate of drug-likeness (QED) is 0.0745. The summed E-state index contributed by atoms with van der Waals surface area (Å²) in [5.74, 6) is -2.44. The molecule has 16 heteroatoms. The van der Waals surface area contributed by atoms with Crippen molar-refractivity contribution < 1.29 is 52.2 Å². The Balaban J connectivity index is 1.10. The lowest BCUT2D eigenvalue weighted by molar-refractivity contribution is -0.169. The Kier molecular flexibility index (Phi) is 9.57. The van der Waals surface area contributed by atoms with Gasteiger partial charge in [-0.15, -0.1) is 11.8 Å². The van der Waals surface area contributed by atoms with Crippen LogP contribution in [0.15, 0.2) is 87.8 Å². The monoisotopic (exact) mass is 690 g/mol. The highest BCUT2D eigenvalue weighted by atomic mass is 32.2. The highest BCUT2D eigenvalue weighted by Crippen LogP contribution is 2.45. The highest BCUT2D eigenvalue weighted by Gasteiger charge is 2.55. The molecule has 3 aromatic rings. The first-order valence-electron chi connectivity index (χ1n) is 14.9. The third kappa shape index (κ3) is 6.67. The Morgan fingerprint density at radius 1 is 1.02 bits per heavy atom. The van der Waals surface area contributed by atoms with Crippen molar-refractivity contribution in [3.05, 3.63) is 95.1 Å². The van der Waals surface area contributed by atoms with Crippen molar-refractivity contribution in [1.82, 2.24) is 10.2 Å². The van der Waals surface area contributed by atoms with Crippen molar-refractivity contribution in [3.8, 4) is 11.1 Å². The Labute approximate surface area is 283 Å². The maximum atomic E-state index is 13.5. The van der Waals surface area contributed by atoms with Crippen LogP contribution in [0, 0.1) is 0 Å². The van der Waals surface area contributed by atoms with Gasteiger partial charge in [0.25, 0.3) is 11.8 Å². The molecule has 2 aliphatic heterocycles. The van der Waals surface area contributed by atoms with Gasteiger partial charge in [-0.25, -0.2) is 14.4 Å². The Bertz CT molecular complexity index is 1810. The molecular weight excluding hydrogens is 660 g/mol. The second-order valence-corrected chi connectivity index (χ2v) is 12.0. The fourth-order valence-electron chi connectivity index (χ4n) is 5.84. The standard InChI is InChI=1S/C33H30N4O11S/c1-17(48-33(42)46-15-23-21-10-5-3-8-19(21)20-9-4-6-11-22(20)23)47-31(40)27-18(14-45-32(34)41)16-49-30-26(29(39)37(27)30)35-28(38)25(36-43-2)24-12-7-13-44-24/h3-13,17,23,26,30H,14-16H2,1-2H3,(H2,34,41)(H,35,38)/b36-25-. The molecule has 0 radical (unpaired) electrons. The van der Waals surface area contributed by atoms with E-state index in [0.29, 0.717) is 0 Å². The third-order valence-electron chi connectivity index (χ3n) is 7.93. The number of rotatable bonds is 11. The van der Waals surface area contributed by atoms with Gasteiger partial charge in [-0.3, -0.25) is 14.5 Å². The van der Waals surface area contributed by atoms with Gasteiger partial charge in [-0.2, -0.15) is 0 Å². The number of furan rings is 1. The van der Waals surface area contributed by atoms with Gasteiger partial charge in [0.2, 0.25) is 12.0 Å². The molecule has 3 heterocycles. The second kappa shape index (κ2) is 14.1. The number of ether oxygens (including phenoxy) is 4. The highest BCUT2D eigenvalue weighted by molar-refractivity contribution is 8.00. The number of carbonyl (C=O) groups is 5. The van der Waals surface area contributed by atoms with E-state index in [0.717, 1.165) is 27.2 Å². The van der Waals surface area contributed by atoms with Gasteiger partial charge in [0.05, 0.1) is 6.26 Å². The predicted octanol–water partition coefficient (Wildman–Crippen LogP) is 3.23. The average Bonchev–Trinajstić information content (AvgIpc) is 3.73. The van der Waals surface area contributed by atoms with Gasteiger partial charge < -0.3 is 39.3 Å². The van der Waals surface area contributed by atoms with E-state index in [9.17, 15) is 24.0 Å². The van der Waals surface area contributed by atoms with E-state index in [1.165, 1.54) is 38.1 Å². The summed E-state index contributed by atoms with van der Waals surface area (Å²) in [6.45, 7) is 0.879. The maximum absolute atomic E-state index is 13.5. The number of hydrogen-bond donors (Lipinski definition) is 2. The van der Waals surface area contributed by atoms with Crippen molar-refractivity contribution in [2.45, 2.75) is 30.5 Å². The Morgan fingerprint density at radius 2 is 1.71 bits per heavy atom. The lowest BCUT2D eigenvalue weighted by atomic mass is 9.98. The van der Waals surface area contributed by atoms with Gasteiger partial charge in [0.15, 0.2) is 5.76 Å². The molecule has 2 aromatic carbocycles. The van der Waals surface area contributed by atoms with Crippen LogP contribution < -0.4 is 11.1 Å². The first-order valence-corrected chi connectivity index (χ1v) is 16.0. The molecule has 3 atom stereocenters. The van der Waals surface area contributed by atoms with Crippen LogP contribution in [-0.4, -0.2) is 84.4 Å². The molecule has 3 unspecified atom stereocenters. The van der Waals surface area contributed by atoms with Crippen LogP contribution in [0.25, 0.3) is 11.1 Å². The molecule has 49 heavy (non-hydrogen) atoms. The van der Waals surface area contributed by atoms with E-state index in [-0.39, 0.29) is 41.0 Å². The number of carbonyl (C=O) groups excluding carboxylic acids is 5. The van der Waals surface area contributed by atoms with E-state index >= 15 is 0 Å². The molecular formula is C33H30N4O11S. The lowest BCUT2D eigenvalue weighted by Crippen LogP contribution is -2.71. The molecule has 0 bridgehead atoms. The number of nitrogens with one attached hydrogen (secondary N) is 1. The number of β-lactam (4-membered cyclic amide) rings is 1. The van der Waals surface area contributed by atoms with Crippen LogP contribution in [-0.2, 0) is 38.2 Å². The lowest BCUT2D eigenvalue weighted by Gasteiger charge is -2.49. The third-order valence-corrected chi connectivity index (χ3v) is 9.27. The molecule has 254 valence electrons. The zero-order valence-electron chi connectivity index (χ0n) is 26.2. The molecule has 3 N–H and O–H groups in total. The molecule has 0 spiro atoms. The van der Waals surface area contributed by atoms with Crippen LogP contribution in [0.4, 0.5) is 9.59 Å². The smallest absolute Gasteiger partial charge is 0.462 e. The summed E-state index contributed by atoms with van der Waals surface area (Å²) in [6.07, 6.45) is -2.26. The van der Waals surface area contributed by atoms with E-state index in [4.69, 9.17) is 33.9 Å². The molecule has 1 saturated heterocycles. The van der Waals surface area contributed by atoms with Gasteiger partial charge in [-0.1, -0.05) is 53.7 Å². The van der Waals surface area contributed by atoms with E-state index < -0.39 is 54.3 Å². The normalized spacial score (nSPS) is 18.7. The van der Waals surface area contributed by atoms with Gasteiger partial charge in [0.1, 0.15) is 37.4 Å². The zero-order chi connectivity index (χ0) is 34.7. The predicted molar refractivity (Wildman–Crippen MR) is 172 cm³/mol. The first-order chi connectivity index (χ1) is 23.7. The summed E-state index contributed by atoms with van der Waals surface area (Å²) >= 11 is 1.20. The minimum absolute atomic E-state index is 0.0156. The number of oxime groups is 1. The van der Waals surface area contributed by atoms with Gasteiger partial charge in [-0.05, 0) is 34.4 Å². The first kappa shape index (κ1) is 33.1. The minimum atomic E-state index is -1.44. The number of esters is 1. The van der Waals surface area contributed by atoms with Crippen LogP contribution in [0.1, 0.15) is 29.7 Å². The van der Waals surface area contributed by atoms with Crippen molar-refractivity contribution in [2.75, 3.05) is 26.1 Å².